The molecule has 2 heterocycles. The third-order valence-electron chi connectivity index (χ3n) is 13.4. The number of rotatable bonds is 10. The topological polar surface area (TPSA) is 51.1 Å². The maximum Gasteiger partial charge on any atom is 0.137 e. The highest BCUT2D eigenvalue weighted by Gasteiger charge is 2.21. The molecule has 0 saturated carbocycles. The van der Waals surface area contributed by atoms with Crippen LogP contribution >= 0.6 is 0 Å². The molecule has 2 aromatic heterocycles. The van der Waals surface area contributed by atoms with Crippen molar-refractivity contribution < 1.29 is 4.74 Å². The number of benzene rings is 8. The van der Waals surface area contributed by atoms with Crippen molar-refractivity contribution in [3.63, 3.8) is 0 Å². The van der Waals surface area contributed by atoms with Crippen LogP contribution in [-0.2, 0) is 16.2 Å². The SMILES string of the molecule is CC(C)(C)c1ccc(-c2ccc(-c3cccc(-c4ccc(C(C)(C)C)cc4)c3Nc3ccccc3Nc3cccc(Oc4ccc5c6ccccc6n(-c6cc(C(C)(C)C)ccn6)c5c4)c3)cc2)cc1. The Labute approximate surface area is 413 Å². The molecule has 0 fully saturated rings. The van der Waals surface area contributed by atoms with E-state index in [1.165, 1.54) is 33.2 Å². The van der Waals surface area contributed by atoms with E-state index in [1.54, 1.807) is 0 Å². The summed E-state index contributed by atoms with van der Waals surface area (Å²) >= 11 is 0. The van der Waals surface area contributed by atoms with Crippen molar-refractivity contribution in [3.8, 4) is 50.7 Å². The lowest BCUT2D eigenvalue weighted by atomic mass is 9.85. The van der Waals surface area contributed by atoms with Gasteiger partial charge in [0.15, 0.2) is 0 Å². The van der Waals surface area contributed by atoms with Gasteiger partial charge in [-0.25, -0.2) is 4.98 Å². The number of fused-ring (bicyclic) bond motifs is 3. The van der Waals surface area contributed by atoms with Crippen LogP contribution in [0.1, 0.15) is 79.0 Å². The lowest BCUT2D eigenvalue weighted by molar-refractivity contribution is 0.483. The van der Waals surface area contributed by atoms with Gasteiger partial charge in [-0.15, -0.1) is 0 Å². The number of nitrogens with one attached hydrogen (secondary N) is 2. The van der Waals surface area contributed by atoms with Crippen molar-refractivity contribution in [2.75, 3.05) is 10.6 Å². The van der Waals surface area contributed by atoms with Gasteiger partial charge >= 0.3 is 0 Å². The van der Waals surface area contributed by atoms with Crippen molar-refractivity contribution in [3.05, 3.63) is 217 Å². The number of anilines is 4. The summed E-state index contributed by atoms with van der Waals surface area (Å²) in [6.07, 6.45) is 1.92. The minimum Gasteiger partial charge on any atom is -0.457 e. The third-order valence-corrected chi connectivity index (χ3v) is 13.4. The van der Waals surface area contributed by atoms with Crippen molar-refractivity contribution in [2.24, 2.45) is 0 Å². The largest absolute Gasteiger partial charge is 0.457 e. The summed E-state index contributed by atoms with van der Waals surface area (Å²) in [5.41, 5.74) is 16.9. The predicted octanol–water partition coefficient (Wildman–Crippen LogP) is 18.4. The second-order valence-electron chi connectivity index (χ2n) is 21.6. The van der Waals surface area contributed by atoms with Crippen LogP contribution in [0.2, 0.25) is 0 Å². The molecule has 8 aromatic carbocycles. The van der Waals surface area contributed by atoms with Crippen LogP contribution in [0.5, 0.6) is 11.5 Å². The van der Waals surface area contributed by atoms with Crippen LogP contribution in [0.3, 0.4) is 0 Å². The van der Waals surface area contributed by atoms with Crippen LogP contribution in [0.4, 0.5) is 22.7 Å². The molecule has 0 radical (unpaired) electrons. The summed E-state index contributed by atoms with van der Waals surface area (Å²) in [5.74, 6) is 2.36. The third kappa shape index (κ3) is 9.45. The first kappa shape index (κ1) is 45.9. The number of hydrogen-bond donors (Lipinski definition) is 2. The molecule has 0 saturated heterocycles. The maximum absolute atomic E-state index is 6.68. The Bertz CT molecular complexity index is 3490. The zero-order valence-corrected chi connectivity index (χ0v) is 41.9. The maximum atomic E-state index is 6.68. The van der Waals surface area contributed by atoms with Gasteiger partial charge < -0.3 is 15.4 Å². The average Bonchev–Trinajstić information content (AvgIpc) is 3.68. The van der Waals surface area contributed by atoms with E-state index in [4.69, 9.17) is 9.72 Å². The van der Waals surface area contributed by atoms with Crippen LogP contribution in [0.25, 0.3) is 61.0 Å². The Kier molecular flexibility index (Phi) is 11.9. The highest BCUT2D eigenvalue weighted by molar-refractivity contribution is 6.09. The van der Waals surface area contributed by atoms with Crippen LogP contribution in [0, 0.1) is 0 Å². The van der Waals surface area contributed by atoms with Gasteiger partial charge in [-0.3, -0.25) is 4.57 Å². The van der Waals surface area contributed by atoms with Gasteiger partial charge in [0, 0.05) is 45.9 Å². The predicted molar refractivity (Wildman–Crippen MR) is 297 cm³/mol. The smallest absolute Gasteiger partial charge is 0.137 e. The fourth-order valence-electron chi connectivity index (χ4n) is 9.36. The number of hydrogen-bond acceptors (Lipinski definition) is 4. The molecular formula is C65H62N4O. The van der Waals surface area contributed by atoms with Crippen molar-refractivity contribution in [2.45, 2.75) is 78.6 Å². The van der Waals surface area contributed by atoms with Gasteiger partial charge in [0.1, 0.15) is 17.3 Å². The Morgan fingerprint density at radius 3 is 1.54 bits per heavy atom. The molecule has 0 aliphatic carbocycles. The van der Waals surface area contributed by atoms with Crippen LogP contribution in [0.15, 0.2) is 200 Å². The Morgan fingerprint density at radius 1 is 0.400 bits per heavy atom. The molecule has 0 amide bonds. The zero-order valence-electron chi connectivity index (χ0n) is 41.9. The summed E-state index contributed by atoms with van der Waals surface area (Å²) in [4.78, 5) is 4.88. The quantitative estimate of drug-likeness (QED) is 0.144. The van der Waals surface area contributed by atoms with Gasteiger partial charge in [0.25, 0.3) is 0 Å². The van der Waals surface area contributed by atoms with Crippen LogP contribution < -0.4 is 15.4 Å². The summed E-state index contributed by atoms with van der Waals surface area (Å²) < 4.78 is 8.93. The molecule has 5 heteroatoms. The Hall–Kier alpha value is -7.89. The normalized spacial score (nSPS) is 12.1. The first-order chi connectivity index (χ1) is 33.6. The van der Waals surface area contributed by atoms with E-state index in [0.29, 0.717) is 0 Å². The second kappa shape index (κ2) is 18.2. The number of pyridine rings is 1. The fraction of sp³-hybridized carbons (Fsp3) is 0.185. The first-order valence-corrected chi connectivity index (χ1v) is 24.4. The molecule has 0 aliphatic heterocycles. The average molecular weight is 915 g/mol. The monoisotopic (exact) mass is 914 g/mol. The number of para-hydroxylation sites is 4. The van der Waals surface area contributed by atoms with Crippen molar-refractivity contribution in [1.29, 1.82) is 0 Å². The van der Waals surface area contributed by atoms with E-state index in [0.717, 1.165) is 78.7 Å². The molecule has 0 atom stereocenters. The lowest BCUT2D eigenvalue weighted by Gasteiger charge is -2.22. The van der Waals surface area contributed by atoms with Gasteiger partial charge in [0.05, 0.1) is 28.1 Å². The Morgan fingerprint density at radius 2 is 0.914 bits per heavy atom. The van der Waals surface area contributed by atoms with Gasteiger partial charge in [0.2, 0.25) is 0 Å². The molecular weight excluding hydrogens is 853 g/mol. The van der Waals surface area contributed by atoms with E-state index in [2.05, 4.69) is 260 Å². The van der Waals surface area contributed by atoms with E-state index in [9.17, 15) is 0 Å². The standard InChI is InChI=1S/C65H62N4O/c1-63(2,3)47-32-28-44(29-33-47)43-24-26-45(27-25-43)53-19-15-20-54(46-30-34-48(35-31-46)64(4,5)6)62(53)68-58-22-12-11-21-57(58)67-50-16-14-17-51(41-50)70-52-36-37-56-55-18-10-13-23-59(55)69(60(56)42-52)61-40-49(38-39-66-61)65(7,8)9/h10-42,67-68H,1-9H3. The molecule has 0 aliphatic rings. The summed E-state index contributed by atoms with van der Waals surface area (Å²) in [6, 6.07) is 69.3. The molecule has 0 bridgehead atoms. The summed E-state index contributed by atoms with van der Waals surface area (Å²) in [6.45, 7) is 20.3. The van der Waals surface area contributed by atoms with Gasteiger partial charge in [-0.1, -0.05) is 190 Å². The van der Waals surface area contributed by atoms with E-state index >= 15 is 0 Å². The minimum atomic E-state index is -0.0137. The van der Waals surface area contributed by atoms with E-state index in [1.807, 2.05) is 18.3 Å². The number of nitrogens with zero attached hydrogens (tertiary/aromatic N) is 2. The molecule has 0 unspecified atom stereocenters. The van der Waals surface area contributed by atoms with Crippen molar-refractivity contribution >= 4 is 44.6 Å². The minimum absolute atomic E-state index is 0.0137. The summed E-state index contributed by atoms with van der Waals surface area (Å²) in [7, 11) is 0. The fourth-order valence-corrected chi connectivity index (χ4v) is 9.36. The Balaban J connectivity index is 0.969. The van der Waals surface area contributed by atoms with Crippen molar-refractivity contribution in [1.82, 2.24) is 9.55 Å². The molecule has 5 nitrogen and oxygen atoms in total. The zero-order chi connectivity index (χ0) is 48.8. The highest BCUT2D eigenvalue weighted by atomic mass is 16.5. The second-order valence-corrected chi connectivity index (χ2v) is 21.6. The number of ether oxygens (including phenoxy) is 1. The van der Waals surface area contributed by atoms with E-state index < -0.39 is 0 Å². The van der Waals surface area contributed by atoms with Crippen LogP contribution in [-0.4, -0.2) is 9.55 Å². The molecule has 2 N–H and O–H groups in total. The molecule has 70 heavy (non-hydrogen) atoms. The molecule has 0 spiro atoms. The molecule has 10 aromatic rings. The first-order valence-electron chi connectivity index (χ1n) is 24.4. The highest BCUT2D eigenvalue weighted by Crippen LogP contribution is 2.43. The number of aromatic nitrogens is 2. The molecule has 10 rings (SSSR count). The van der Waals surface area contributed by atoms with E-state index in [-0.39, 0.29) is 16.2 Å². The molecule has 348 valence electrons. The van der Waals surface area contributed by atoms with Gasteiger partial charge in [-0.05, 0) is 110 Å². The lowest BCUT2D eigenvalue weighted by Crippen LogP contribution is -2.12. The summed E-state index contributed by atoms with van der Waals surface area (Å²) in [5, 5.41) is 10.0. The van der Waals surface area contributed by atoms with Gasteiger partial charge in [-0.2, -0.15) is 0 Å².